The highest BCUT2D eigenvalue weighted by Gasteiger charge is 2.19. The number of hydrogen-bond donors (Lipinski definition) is 2. The van der Waals surface area contributed by atoms with E-state index in [1.54, 1.807) is 18.2 Å². The SMILES string of the molecule is COc1cccc(C(=O)Nc2cc(C(=O)O)ccc2OC(C)C)c1OC. The predicted octanol–water partition coefficient (Wildman–Crippen LogP) is 3.44. The van der Waals surface area contributed by atoms with E-state index in [0.29, 0.717) is 11.5 Å². The van der Waals surface area contributed by atoms with Crippen LogP contribution in [0.4, 0.5) is 5.69 Å². The second-order valence-electron chi connectivity index (χ2n) is 5.68. The molecule has 0 bridgehead atoms. The Bertz CT molecular complexity index is 816. The number of hydrogen-bond acceptors (Lipinski definition) is 5. The van der Waals surface area contributed by atoms with Crippen LogP contribution in [0, 0.1) is 0 Å². The predicted molar refractivity (Wildman–Crippen MR) is 96.7 cm³/mol. The number of carboxylic acid groups (broad SMARTS) is 1. The fourth-order valence-electron chi connectivity index (χ4n) is 2.37. The molecule has 7 nitrogen and oxygen atoms in total. The molecule has 7 heteroatoms. The maximum atomic E-state index is 12.7. The second kappa shape index (κ2) is 8.24. The first-order valence-electron chi connectivity index (χ1n) is 7.93. The number of methoxy groups -OCH3 is 2. The van der Waals surface area contributed by atoms with Crippen molar-refractivity contribution >= 4 is 17.6 Å². The molecule has 2 N–H and O–H groups in total. The lowest BCUT2D eigenvalue weighted by Gasteiger charge is -2.17. The zero-order valence-electron chi connectivity index (χ0n) is 15.0. The number of carbonyl (C=O) groups excluding carboxylic acids is 1. The van der Waals surface area contributed by atoms with Gasteiger partial charge in [-0.15, -0.1) is 0 Å². The highest BCUT2D eigenvalue weighted by Crippen LogP contribution is 2.33. The van der Waals surface area contributed by atoms with E-state index in [0.717, 1.165) is 0 Å². The van der Waals surface area contributed by atoms with Gasteiger partial charge in [0, 0.05) is 0 Å². The first-order chi connectivity index (χ1) is 12.4. The van der Waals surface area contributed by atoms with Gasteiger partial charge in [0.15, 0.2) is 11.5 Å². The quantitative estimate of drug-likeness (QED) is 0.786. The standard InChI is InChI=1S/C19H21NO6/c1-11(2)26-15-9-8-12(19(22)23)10-14(15)20-18(21)13-6-5-7-16(24-3)17(13)25-4/h5-11H,1-4H3,(H,20,21)(H,22,23). The average molecular weight is 359 g/mol. The normalized spacial score (nSPS) is 10.3. The number of carboxylic acids is 1. The van der Waals surface area contributed by atoms with Crippen molar-refractivity contribution in [2.45, 2.75) is 20.0 Å². The zero-order valence-corrected chi connectivity index (χ0v) is 15.0. The van der Waals surface area contributed by atoms with Crippen LogP contribution in [-0.4, -0.2) is 37.3 Å². The Morgan fingerprint density at radius 2 is 1.77 bits per heavy atom. The van der Waals surface area contributed by atoms with E-state index in [1.165, 1.54) is 32.4 Å². The molecule has 0 fully saturated rings. The number of amides is 1. The van der Waals surface area contributed by atoms with Gasteiger partial charge < -0.3 is 24.6 Å². The lowest BCUT2D eigenvalue weighted by atomic mass is 10.1. The molecule has 0 radical (unpaired) electrons. The molecule has 2 rings (SSSR count). The summed E-state index contributed by atoms with van der Waals surface area (Å²) >= 11 is 0. The van der Waals surface area contributed by atoms with Crippen molar-refractivity contribution in [1.29, 1.82) is 0 Å². The van der Waals surface area contributed by atoms with Gasteiger partial charge in [0.25, 0.3) is 5.91 Å². The van der Waals surface area contributed by atoms with Gasteiger partial charge in [-0.25, -0.2) is 4.79 Å². The summed E-state index contributed by atoms with van der Waals surface area (Å²) in [5.41, 5.74) is 0.547. The van der Waals surface area contributed by atoms with E-state index in [2.05, 4.69) is 5.32 Å². The minimum atomic E-state index is -1.10. The van der Waals surface area contributed by atoms with Crippen LogP contribution in [0.5, 0.6) is 17.2 Å². The molecule has 2 aromatic carbocycles. The highest BCUT2D eigenvalue weighted by molar-refractivity contribution is 6.08. The smallest absolute Gasteiger partial charge is 0.335 e. The van der Waals surface area contributed by atoms with Gasteiger partial charge in [-0.05, 0) is 44.2 Å². The van der Waals surface area contributed by atoms with E-state index in [1.807, 2.05) is 13.8 Å². The number of rotatable bonds is 7. The van der Waals surface area contributed by atoms with Gasteiger partial charge in [-0.3, -0.25) is 4.79 Å². The van der Waals surface area contributed by atoms with Crippen LogP contribution in [0.2, 0.25) is 0 Å². The summed E-state index contributed by atoms with van der Waals surface area (Å²) in [4.78, 5) is 24.0. The Hall–Kier alpha value is -3.22. The summed E-state index contributed by atoms with van der Waals surface area (Å²) in [6.07, 6.45) is -0.146. The van der Waals surface area contributed by atoms with Crippen molar-refractivity contribution in [3.05, 3.63) is 47.5 Å². The van der Waals surface area contributed by atoms with Crippen LogP contribution in [0.25, 0.3) is 0 Å². The molecule has 1 amide bonds. The van der Waals surface area contributed by atoms with Gasteiger partial charge >= 0.3 is 5.97 Å². The van der Waals surface area contributed by atoms with E-state index in [9.17, 15) is 14.7 Å². The number of benzene rings is 2. The Labute approximate surface area is 151 Å². The van der Waals surface area contributed by atoms with Crippen LogP contribution in [-0.2, 0) is 0 Å². The first kappa shape index (κ1) is 19.1. The van der Waals surface area contributed by atoms with E-state index < -0.39 is 11.9 Å². The number of anilines is 1. The fraction of sp³-hybridized carbons (Fsp3) is 0.263. The lowest BCUT2D eigenvalue weighted by molar-refractivity contribution is 0.0696. The Morgan fingerprint density at radius 1 is 1.04 bits per heavy atom. The van der Waals surface area contributed by atoms with Crippen LogP contribution in [0.1, 0.15) is 34.6 Å². The summed E-state index contributed by atoms with van der Waals surface area (Å²) in [5.74, 6) is -0.501. The van der Waals surface area contributed by atoms with E-state index >= 15 is 0 Å². The number of para-hydroxylation sites is 1. The van der Waals surface area contributed by atoms with Gasteiger partial charge in [0.05, 0.1) is 37.1 Å². The van der Waals surface area contributed by atoms with Crippen molar-refractivity contribution in [2.24, 2.45) is 0 Å². The number of carbonyl (C=O) groups is 2. The Kier molecular flexibility index (Phi) is 6.06. The van der Waals surface area contributed by atoms with E-state index in [4.69, 9.17) is 14.2 Å². The van der Waals surface area contributed by atoms with Crippen LogP contribution < -0.4 is 19.5 Å². The van der Waals surface area contributed by atoms with Crippen LogP contribution in [0.3, 0.4) is 0 Å². The molecule has 0 unspecified atom stereocenters. The minimum absolute atomic E-state index is 0.0361. The molecule has 0 saturated carbocycles. The highest BCUT2D eigenvalue weighted by atomic mass is 16.5. The molecule has 0 aliphatic carbocycles. The second-order valence-corrected chi connectivity index (χ2v) is 5.68. The average Bonchev–Trinajstić information content (AvgIpc) is 2.61. The summed E-state index contributed by atoms with van der Waals surface area (Å²) in [5, 5.41) is 11.9. The third kappa shape index (κ3) is 4.24. The monoisotopic (exact) mass is 359 g/mol. The van der Waals surface area contributed by atoms with Crippen molar-refractivity contribution in [3.8, 4) is 17.2 Å². The van der Waals surface area contributed by atoms with Gasteiger partial charge in [0.1, 0.15) is 5.75 Å². The van der Waals surface area contributed by atoms with Gasteiger partial charge in [-0.1, -0.05) is 6.07 Å². The Morgan fingerprint density at radius 3 is 2.35 bits per heavy atom. The van der Waals surface area contributed by atoms with Crippen molar-refractivity contribution in [3.63, 3.8) is 0 Å². The molecule has 0 spiro atoms. The summed E-state index contributed by atoms with van der Waals surface area (Å²) < 4.78 is 16.1. The van der Waals surface area contributed by atoms with Gasteiger partial charge in [-0.2, -0.15) is 0 Å². The largest absolute Gasteiger partial charge is 0.493 e. The van der Waals surface area contributed by atoms with Gasteiger partial charge in [0.2, 0.25) is 0 Å². The molecular formula is C19H21NO6. The minimum Gasteiger partial charge on any atom is -0.493 e. The third-order valence-electron chi connectivity index (χ3n) is 3.48. The van der Waals surface area contributed by atoms with Crippen molar-refractivity contribution in [2.75, 3.05) is 19.5 Å². The summed E-state index contributed by atoms with van der Waals surface area (Å²) in [7, 11) is 2.91. The molecular weight excluding hydrogens is 338 g/mol. The number of ether oxygens (including phenoxy) is 3. The molecule has 0 atom stereocenters. The number of nitrogens with one attached hydrogen (secondary N) is 1. The van der Waals surface area contributed by atoms with Crippen molar-refractivity contribution < 1.29 is 28.9 Å². The summed E-state index contributed by atoms with van der Waals surface area (Å²) in [6.45, 7) is 3.67. The summed E-state index contributed by atoms with van der Waals surface area (Å²) in [6, 6.07) is 9.21. The molecule has 0 saturated heterocycles. The molecule has 138 valence electrons. The van der Waals surface area contributed by atoms with Crippen molar-refractivity contribution in [1.82, 2.24) is 0 Å². The third-order valence-corrected chi connectivity index (χ3v) is 3.48. The molecule has 0 heterocycles. The zero-order chi connectivity index (χ0) is 19.3. The maximum Gasteiger partial charge on any atom is 0.335 e. The maximum absolute atomic E-state index is 12.7. The fourth-order valence-corrected chi connectivity index (χ4v) is 2.37. The molecule has 2 aromatic rings. The lowest BCUT2D eigenvalue weighted by Crippen LogP contribution is -2.16. The first-order valence-corrected chi connectivity index (χ1v) is 7.93. The molecule has 0 aliphatic heterocycles. The van der Waals surface area contributed by atoms with Crippen LogP contribution in [0.15, 0.2) is 36.4 Å². The number of aromatic carboxylic acids is 1. The Balaban J connectivity index is 2.42. The molecule has 26 heavy (non-hydrogen) atoms. The van der Waals surface area contributed by atoms with E-state index in [-0.39, 0.29) is 28.7 Å². The van der Waals surface area contributed by atoms with Crippen LogP contribution >= 0.6 is 0 Å². The topological polar surface area (TPSA) is 94.1 Å². The molecule has 0 aromatic heterocycles. The molecule has 0 aliphatic rings.